The van der Waals surface area contributed by atoms with E-state index >= 15 is 0 Å². The monoisotopic (exact) mass is 169 g/mol. The van der Waals surface area contributed by atoms with Crippen LogP contribution in [0.2, 0.25) is 0 Å². The van der Waals surface area contributed by atoms with Gasteiger partial charge in [0.1, 0.15) is 0 Å². The van der Waals surface area contributed by atoms with E-state index in [2.05, 4.69) is 27.7 Å². The number of hydrogen-bond acceptors (Lipinski definition) is 1. The minimum atomic E-state index is 0.337. The molecule has 0 aromatic heterocycles. The number of nitrogens with zero attached hydrogens (tertiary/aromatic N) is 1. The Morgan fingerprint density at radius 3 is 2.17 bits per heavy atom. The Hall–Kier alpha value is -0.530. The van der Waals surface area contributed by atoms with Crippen molar-refractivity contribution in [3.05, 3.63) is 0 Å². The van der Waals surface area contributed by atoms with Crippen LogP contribution in [-0.2, 0) is 4.79 Å². The summed E-state index contributed by atoms with van der Waals surface area (Å²) in [5.74, 6) is 1.56. The zero-order chi connectivity index (χ0) is 9.30. The van der Waals surface area contributed by atoms with Crippen molar-refractivity contribution in [3.63, 3.8) is 0 Å². The highest BCUT2D eigenvalue weighted by molar-refractivity contribution is 5.78. The quantitative estimate of drug-likeness (QED) is 0.618. The molecule has 1 heterocycles. The van der Waals surface area contributed by atoms with Crippen molar-refractivity contribution in [2.24, 2.45) is 11.8 Å². The van der Waals surface area contributed by atoms with E-state index < -0.39 is 0 Å². The van der Waals surface area contributed by atoms with Crippen LogP contribution in [0.15, 0.2) is 0 Å². The van der Waals surface area contributed by atoms with Crippen LogP contribution in [0.4, 0.5) is 0 Å². The minimum absolute atomic E-state index is 0.337. The summed E-state index contributed by atoms with van der Waals surface area (Å²) in [7, 11) is 0. The molecule has 1 rings (SSSR count). The first-order valence-corrected chi connectivity index (χ1v) is 4.81. The highest BCUT2D eigenvalue weighted by Crippen LogP contribution is 2.25. The fourth-order valence-electron chi connectivity index (χ4n) is 1.71. The van der Waals surface area contributed by atoms with Crippen molar-refractivity contribution in [3.8, 4) is 0 Å². The van der Waals surface area contributed by atoms with Crippen LogP contribution in [0.25, 0.3) is 0 Å². The molecule has 1 saturated heterocycles. The number of carbonyl (C=O) groups excluding carboxylic acids is 1. The third-order valence-electron chi connectivity index (χ3n) is 2.75. The zero-order valence-electron chi connectivity index (χ0n) is 8.50. The third-order valence-corrected chi connectivity index (χ3v) is 2.75. The summed E-state index contributed by atoms with van der Waals surface area (Å²) >= 11 is 0. The van der Waals surface area contributed by atoms with Crippen molar-refractivity contribution >= 4 is 5.91 Å². The second kappa shape index (κ2) is 3.46. The van der Waals surface area contributed by atoms with Crippen molar-refractivity contribution in [2.45, 2.75) is 40.2 Å². The lowest BCUT2D eigenvalue weighted by atomic mass is 9.95. The molecule has 1 fully saturated rings. The van der Waals surface area contributed by atoms with Gasteiger partial charge in [0.2, 0.25) is 5.91 Å². The van der Waals surface area contributed by atoms with Crippen LogP contribution in [-0.4, -0.2) is 23.4 Å². The first-order chi connectivity index (χ1) is 5.52. The van der Waals surface area contributed by atoms with Crippen LogP contribution >= 0.6 is 0 Å². The van der Waals surface area contributed by atoms with Gasteiger partial charge in [0.05, 0.1) is 0 Å². The number of amides is 1. The van der Waals surface area contributed by atoms with Gasteiger partial charge in [-0.15, -0.1) is 0 Å². The Morgan fingerprint density at radius 1 is 1.33 bits per heavy atom. The predicted octanol–water partition coefficient (Wildman–Crippen LogP) is 1.90. The molecule has 1 amide bonds. The maximum Gasteiger partial charge on any atom is 0.223 e. The van der Waals surface area contributed by atoms with E-state index in [1.165, 1.54) is 0 Å². The van der Waals surface area contributed by atoms with Crippen molar-refractivity contribution in [1.82, 2.24) is 4.90 Å². The summed E-state index contributed by atoms with van der Waals surface area (Å²) in [5.41, 5.74) is 0. The van der Waals surface area contributed by atoms with Crippen molar-refractivity contribution in [1.29, 1.82) is 0 Å². The lowest BCUT2D eigenvalue weighted by Gasteiger charge is -2.21. The fraction of sp³-hybridized carbons (Fsp3) is 0.900. The molecule has 0 aromatic carbocycles. The van der Waals surface area contributed by atoms with E-state index in [9.17, 15) is 4.79 Å². The maximum atomic E-state index is 11.5. The molecule has 2 heteroatoms. The molecule has 0 spiro atoms. The number of carbonyl (C=O) groups is 1. The smallest absolute Gasteiger partial charge is 0.223 e. The van der Waals surface area contributed by atoms with Gasteiger partial charge in [-0.2, -0.15) is 0 Å². The molecule has 1 atom stereocenters. The Balaban J connectivity index is 2.56. The largest absolute Gasteiger partial charge is 0.340 e. The zero-order valence-corrected chi connectivity index (χ0v) is 8.50. The summed E-state index contributed by atoms with van der Waals surface area (Å²) in [4.78, 5) is 13.4. The molecule has 0 aliphatic carbocycles. The molecule has 1 aliphatic heterocycles. The van der Waals surface area contributed by atoms with Crippen LogP contribution in [0.1, 0.15) is 34.1 Å². The average Bonchev–Trinajstić information content (AvgIpc) is 2.30. The highest BCUT2D eigenvalue weighted by atomic mass is 16.2. The average molecular weight is 169 g/mol. The molecule has 70 valence electrons. The molecule has 0 aromatic rings. The van der Waals surface area contributed by atoms with Gasteiger partial charge >= 0.3 is 0 Å². The van der Waals surface area contributed by atoms with Crippen LogP contribution in [0.3, 0.4) is 0 Å². The van der Waals surface area contributed by atoms with E-state index in [-0.39, 0.29) is 0 Å². The molecule has 0 bridgehead atoms. The second-order valence-electron chi connectivity index (χ2n) is 4.35. The van der Waals surface area contributed by atoms with Crippen LogP contribution in [0, 0.1) is 11.8 Å². The van der Waals surface area contributed by atoms with Gasteiger partial charge in [0.15, 0.2) is 0 Å². The number of likely N-dealkylation sites (tertiary alicyclic amines) is 1. The summed E-state index contributed by atoms with van der Waals surface area (Å²) in [6.45, 7) is 9.53. The molecule has 2 nitrogen and oxygen atoms in total. The maximum absolute atomic E-state index is 11.5. The number of rotatable bonds is 2. The van der Waals surface area contributed by atoms with Gasteiger partial charge in [-0.25, -0.2) is 0 Å². The lowest BCUT2D eigenvalue weighted by Crippen LogP contribution is -2.32. The van der Waals surface area contributed by atoms with E-state index in [0.717, 1.165) is 13.0 Å². The van der Waals surface area contributed by atoms with Crippen molar-refractivity contribution < 1.29 is 4.79 Å². The summed E-state index contributed by atoms with van der Waals surface area (Å²) < 4.78 is 0. The summed E-state index contributed by atoms with van der Waals surface area (Å²) in [6, 6.07) is 0.376. The third kappa shape index (κ3) is 1.79. The molecule has 0 N–H and O–H groups in total. The summed E-state index contributed by atoms with van der Waals surface area (Å²) in [6.07, 6.45) is 0.760. The molecular formula is C10H19NO. The fourth-order valence-corrected chi connectivity index (χ4v) is 1.71. The van der Waals surface area contributed by atoms with Crippen LogP contribution < -0.4 is 0 Å². The molecular weight excluding hydrogens is 150 g/mol. The van der Waals surface area contributed by atoms with Crippen LogP contribution in [0.5, 0.6) is 0 Å². The Labute approximate surface area is 74.9 Å². The van der Waals surface area contributed by atoms with Gasteiger partial charge in [-0.1, -0.05) is 13.8 Å². The molecule has 0 saturated carbocycles. The SMILES string of the molecule is CC(C)C1CC(=O)N(C(C)C)C1. The summed E-state index contributed by atoms with van der Waals surface area (Å²) in [5, 5.41) is 0. The van der Waals surface area contributed by atoms with Gasteiger partial charge < -0.3 is 4.90 Å². The van der Waals surface area contributed by atoms with E-state index in [0.29, 0.717) is 23.8 Å². The Morgan fingerprint density at radius 2 is 1.92 bits per heavy atom. The second-order valence-corrected chi connectivity index (χ2v) is 4.35. The lowest BCUT2D eigenvalue weighted by molar-refractivity contribution is -0.129. The molecule has 1 unspecified atom stereocenters. The van der Waals surface area contributed by atoms with E-state index in [1.807, 2.05) is 4.90 Å². The highest BCUT2D eigenvalue weighted by Gasteiger charge is 2.32. The normalized spacial score (nSPS) is 24.7. The van der Waals surface area contributed by atoms with Crippen molar-refractivity contribution in [2.75, 3.05) is 6.54 Å². The van der Waals surface area contributed by atoms with E-state index in [1.54, 1.807) is 0 Å². The Bertz CT molecular complexity index is 175. The van der Waals surface area contributed by atoms with E-state index in [4.69, 9.17) is 0 Å². The number of hydrogen-bond donors (Lipinski definition) is 0. The topological polar surface area (TPSA) is 20.3 Å². The molecule has 0 radical (unpaired) electrons. The van der Waals surface area contributed by atoms with Gasteiger partial charge in [0.25, 0.3) is 0 Å². The first kappa shape index (κ1) is 9.56. The Kier molecular flexibility index (Phi) is 2.76. The minimum Gasteiger partial charge on any atom is -0.340 e. The molecule has 1 aliphatic rings. The van der Waals surface area contributed by atoms with Gasteiger partial charge in [0, 0.05) is 19.0 Å². The standard InChI is InChI=1S/C10H19NO/c1-7(2)9-5-10(12)11(6-9)8(3)4/h7-9H,5-6H2,1-4H3. The van der Waals surface area contributed by atoms with Gasteiger partial charge in [-0.3, -0.25) is 4.79 Å². The first-order valence-electron chi connectivity index (χ1n) is 4.81. The molecule has 12 heavy (non-hydrogen) atoms. The predicted molar refractivity (Wildman–Crippen MR) is 49.8 cm³/mol. The van der Waals surface area contributed by atoms with Gasteiger partial charge in [-0.05, 0) is 25.7 Å².